The van der Waals surface area contributed by atoms with Gasteiger partial charge in [-0.25, -0.2) is 0 Å². The Hall–Kier alpha value is 0.314. The summed E-state index contributed by atoms with van der Waals surface area (Å²) in [7, 11) is 9.43. The van der Waals surface area contributed by atoms with Gasteiger partial charge in [0.1, 0.15) is 0 Å². The van der Waals surface area contributed by atoms with Gasteiger partial charge >= 0.3 is 0 Å². The summed E-state index contributed by atoms with van der Waals surface area (Å²) in [6.07, 6.45) is 8.49. The molecule has 0 aromatic carbocycles. The second-order valence-electron chi connectivity index (χ2n) is 7.39. The average Bonchev–Trinajstić information content (AvgIpc) is 2.40. The van der Waals surface area contributed by atoms with Crippen LogP contribution in [0, 0.1) is 0 Å². The highest BCUT2D eigenvalue weighted by Gasteiger charge is 2.19. The normalized spacial score (nSPS) is 13.4. The lowest BCUT2D eigenvalue weighted by atomic mass is 10.1. The lowest BCUT2D eigenvalue weighted by Gasteiger charge is -2.30. The number of unbranched alkanes of at least 4 members (excludes halogenated alkanes) is 5. The van der Waals surface area contributed by atoms with E-state index in [1.807, 2.05) is 7.11 Å². The van der Waals surface area contributed by atoms with Gasteiger partial charge in [-0.1, -0.05) is 44.6 Å². The van der Waals surface area contributed by atoms with E-state index in [-0.39, 0.29) is 9.52 Å². The largest absolute Gasteiger partial charge is 0.420 e. The van der Waals surface area contributed by atoms with Crippen molar-refractivity contribution in [2.24, 2.45) is 0 Å². The van der Waals surface area contributed by atoms with Gasteiger partial charge in [-0.3, -0.25) is 9.80 Å². The van der Waals surface area contributed by atoms with Gasteiger partial charge in [0.15, 0.2) is 8.32 Å². The molecule has 0 aliphatic carbocycles. The van der Waals surface area contributed by atoms with E-state index in [2.05, 4.69) is 51.1 Å². The first-order valence-electron chi connectivity index (χ1n) is 8.68. The predicted octanol–water partition coefficient (Wildman–Crippen LogP) is 3.17. The minimum atomic E-state index is -1.30. The molecule has 5 heteroatoms. The van der Waals surface area contributed by atoms with Gasteiger partial charge in [0, 0.05) is 12.9 Å². The van der Waals surface area contributed by atoms with E-state index < -0.39 is 8.32 Å². The third-order valence-electron chi connectivity index (χ3n) is 4.49. The van der Waals surface area contributed by atoms with E-state index >= 15 is 0 Å². The van der Waals surface area contributed by atoms with E-state index in [9.17, 15) is 0 Å². The van der Waals surface area contributed by atoms with Gasteiger partial charge in [0.2, 0.25) is 0 Å². The molecule has 0 unspecified atom stereocenters. The minimum absolute atomic E-state index is 0.00550. The van der Waals surface area contributed by atoms with Crippen LogP contribution >= 0.6 is 0 Å². The van der Waals surface area contributed by atoms with Crippen molar-refractivity contribution in [1.82, 2.24) is 9.80 Å². The Morgan fingerprint density at radius 3 is 1.81 bits per heavy atom. The molecule has 0 atom stereocenters. The monoisotopic (exact) mass is 332 g/mol. The van der Waals surface area contributed by atoms with Crippen LogP contribution in [-0.4, -0.2) is 68.7 Å². The van der Waals surface area contributed by atoms with Gasteiger partial charge in [-0.15, -0.1) is 0 Å². The third-order valence-corrected chi connectivity index (χ3v) is 10.0. The number of hydrogen-bond donors (Lipinski definition) is 0. The average molecular weight is 333 g/mol. The third kappa shape index (κ3) is 11.5. The Kier molecular flexibility index (Phi) is 12.0. The standard InChI is InChI=1S/C16H40N2OSi2/c1-17(2)16(18(3)4)20-14-12-10-8-9-11-13-15-21(6,7)19-5/h16H,8-15,20H2,1-7H3. The molecule has 0 heterocycles. The molecule has 128 valence electrons. The van der Waals surface area contributed by atoms with Crippen molar-refractivity contribution < 1.29 is 4.43 Å². The fourth-order valence-electron chi connectivity index (χ4n) is 2.84. The maximum Gasteiger partial charge on any atom is 0.186 e. The van der Waals surface area contributed by atoms with Crippen LogP contribution in [0.3, 0.4) is 0 Å². The SMILES string of the molecule is CO[Si](C)(C)CCCCCCCC[SiH2]C(N(C)C)N(C)C. The van der Waals surface area contributed by atoms with Gasteiger partial charge < -0.3 is 4.43 Å². The highest BCUT2D eigenvalue weighted by molar-refractivity contribution is 6.71. The minimum Gasteiger partial charge on any atom is -0.420 e. The molecule has 0 N–H and O–H groups in total. The zero-order chi connectivity index (χ0) is 16.3. The Morgan fingerprint density at radius 1 is 0.857 bits per heavy atom. The van der Waals surface area contributed by atoms with Gasteiger partial charge in [-0.2, -0.15) is 0 Å². The van der Waals surface area contributed by atoms with Crippen molar-refractivity contribution in [1.29, 1.82) is 0 Å². The summed E-state index contributed by atoms with van der Waals surface area (Å²) in [6, 6.07) is 2.81. The molecule has 0 aliphatic rings. The molecule has 0 spiro atoms. The fourth-order valence-corrected chi connectivity index (χ4v) is 6.19. The summed E-state index contributed by atoms with van der Waals surface area (Å²) >= 11 is 0. The van der Waals surface area contributed by atoms with E-state index in [4.69, 9.17) is 4.43 Å². The Bertz CT molecular complexity index is 240. The highest BCUT2D eigenvalue weighted by atomic mass is 28.4. The maximum absolute atomic E-state index is 5.59. The van der Waals surface area contributed by atoms with Gasteiger partial charge in [0.25, 0.3) is 0 Å². The zero-order valence-electron chi connectivity index (χ0n) is 15.7. The van der Waals surface area contributed by atoms with Crippen molar-refractivity contribution in [2.45, 2.75) is 69.5 Å². The summed E-state index contributed by atoms with van der Waals surface area (Å²) in [5, 5.41) is 0. The van der Waals surface area contributed by atoms with Crippen LogP contribution in [0.15, 0.2) is 0 Å². The summed E-state index contributed by atoms with van der Waals surface area (Å²) in [5.74, 6) is 0.728. The zero-order valence-corrected chi connectivity index (χ0v) is 18.2. The van der Waals surface area contributed by atoms with E-state index in [0.717, 1.165) is 5.79 Å². The molecular formula is C16H40N2OSi2. The Balaban J connectivity index is 3.44. The fraction of sp³-hybridized carbons (Fsp3) is 1.00. The van der Waals surface area contributed by atoms with Crippen molar-refractivity contribution in [3.05, 3.63) is 0 Å². The molecule has 0 rings (SSSR count). The quantitative estimate of drug-likeness (QED) is 0.293. The molecule has 0 saturated carbocycles. The number of hydrogen-bond acceptors (Lipinski definition) is 3. The van der Waals surface area contributed by atoms with E-state index in [1.165, 1.54) is 50.6 Å². The van der Waals surface area contributed by atoms with Crippen molar-refractivity contribution in [3.63, 3.8) is 0 Å². The smallest absolute Gasteiger partial charge is 0.186 e. The molecule has 0 amide bonds. The highest BCUT2D eigenvalue weighted by Crippen LogP contribution is 2.16. The first-order chi connectivity index (χ1) is 9.80. The van der Waals surface area contributed by atoms with Gasteiger partial charge in [0.05, 0.1) is 9.52 Å². The van der Waals surface area contributed by atoms with Crippen LogP contribution in [0.4, 0.5) is 0 Å². The Labute approximate surface area is 137 Å². The molecular weight excluding hydrogens is 292 g/mol. The van der Waals surface area contributed by atoms with Crippen molar-refractivity contribution >= 4 is 17.8 Å². The lowest BCUT2D eigenvalue weighted by molar-refractivity contribution is 0.200. The van der Waals surface area contributed by atoms with Crippen molar-refractivity contribution in [3.8, 4) is 0 Å². The van der Waals surface area contributed by atoms with Crippen LogP contribution in [0.2, 0.25) is 25.2 Å². The summed E-state index contributed by atoms with van der Waals surface area (Å²) in [6.45, 7) is 4.65. The maximum atomic E-state index is 5.59. The molecule has 3 nitrogen and oxygen atoms in total. The van der Waals surface area contributed by atoms with E-state index in [1.54, 1.807) is 0 Å². The number of nitrogens with zero attached hydrogens (tertiary/aromatic N) is 2. The van der Waals surface area contributed by atoms with Crippen molar-refractivity contribution in [2.75, 3.05) is 35.3 Å². The van der Waals surface area contributed by atoms with Crippen LogP contribution in [-0.2, 0) is 4.43 Å². The molecule has 0 aliphatic heterocycles. The van der Waals surface area contributed by atoms with Crippen LogP contribution in [0.1, 0.15) is 38.5 Å². The molecule has 21 heavy (non-hydrogen) atoms. The summed E-state index contributed by atoms with van der Waals surface area (Å²) in [4.78, 5) is 4.77. The number of rotatable bonds is 13. The molecule has 0 fully saturated rings. The molecule has 0 aromatic heterocycles. The molecule has 0 saturated heterocycles. The van der Waals surface area contributed by atoms with E-state index in [0.29, 0.717) is 0 Å². The van der Waals surface area contributed by atoms with Gasteiger partial charge in [-0.05, 0) is 47.3 Å². The van der Waals surface area contributed by atoms with Crippen LogP contribution in [0.25, 0.3) is 0 Å². The lowest BCUT2D eigenvalue weighted by Crippen LogP contribution is -2.44. The second-order valence-corrected chi connectivity index (χ2v) is 13.8. The topological polar surface area (TPSA) is 15.7 Å². The summed E-state index contributed by atoms with van der Waals surface area (Å²) in [5.41, 5.74) is 0. The Morgan fingerprint density at radius 2 is 1.33 bits per heavy atom. The molecule has 0 bridgehead atoms. The summed E-state index contributed by atoms with van der Waals surface area (Å²) < 4.78 is 5.59. The first-order valence-corrected chi connectivity index (χ1v) is 13.6. The van der Waals surface area contributed by atoms with Crippen LogP contribution in [0.5, 0.6) is 0 Å². The predicted molar refractivity (Wildman–Crippen MR) is 102 cm³/mol. The second kappa shape index (κ2) is 11.8. The molecule has 0 aromatic rings. The molecule has 0 radical (unpaired) electrons. The van der Waals surface area contributed by atoms with Crippen LogP contribution < -0.4 is 0 Å². The first kappa shape index (κ1) is 21.3.